The Morgan fingerprint density at radius 3 is 1.27 bits per heavy atom. The number of ketones is 2. The summed E-state index contributed by atoms with van der Waals surface area (Å²) in [6.45, 7) is 3.08. The molecule has 0 unspecified atom stereocenters. The van der Waals surface area contributed by atoms with Gasteiger partial charge in [-0.15, -0.1) is 0 Å². The summed E-state index contributed by atoms with van der Waals surface area (Å²) in [4.78, 5) is 85.9. The number of aliphatic hydroxyl groups excluding tert-OH is 1. The molecule has 13 nitrogen and oxygen atoms in total. The van der Waals surface area contributed by atoms with E-state index in [1.54, 1.807) is 81.9 Å². The summed E-state index contributed by atoms with van der Waals surface area (Å²) in [7, 11) is 2.57. The number of aromatic nitrogens is 4. The van der Waals surface area contributed by atoms with Crippen LogP contribution in [0.25, 0.3) is 33.4 Å². The van der Waals surface area contributed by atoms with Crippen LogP contribution in [0.4, 0.5) is 0 Å². The van der Waals surface area contributed by atoms with Crippen LogP contribution in [0.5, 0.6) is 0 Å². The Hall–Kier alpha value is -7.68. The molecule has 0 radical (unpaired) electrons. The topological polar surface area (TPSA) is 177 Å². The van der Waals surface area contributed by atoms with Gasteiger partial charge in [0.05, 0.1) is 30.3 Å². The molecule has 0 amide bonds. The van der Waals surface area contributed by atoms with E-state index in [2.05, 4.69) is 25.9 Å². The van der Waals surface area contributed by atoms with Crippen LogP contribution in [0.15, 0.2) is 143 Å². The average Bonchev–Trinajstić information content (AvgIpc) is 3.35. The molecule has 1 N–H and O–H groups in total. The van der Waals surface area contributed by atoms with Crippen molar-refractivity contribution in [1.29, 1.82) is 0 Å². The number of para-hydroxylation sites is 2. The number of hydrogen-bond acceptors (Lipinski definition) is 11. The molecular formula is C52H43BrN4O9. The van der Waals surface area contributed by atoms with Gasteiger partial charge in [0.15, 0.2) is 22.4 Å². The molecule has 4 aromatic heterocycles. The molecule has 0 fully saturated rings. The number of Topliss-reactive ketones (excluding diaryl/α,β-unsaturated/α-hetero) is 2. The monoisotopic (exact) mass is 946 g/mol. The SMILES string of the molecule is COC(=O)c1c(Cc2ccc(C(=O)CBr)cc2)c(=O)c2ccc(C)nc2n1-c1ccccc1.COC(=O)c1c(Cc2ccc(C(=O)CO)cc2)c(=O)c2ccc(C)nc2n1-c1ccccc1. The number of benzene rings is 4. The van der Waals surface area contributed by atoms with E-state index < -0.39 is 24.3 Å². The van der Waals surface area contributed by atoms with Gasteiger partial charge in [0, 0.05) is 57.9 Å². The summed E-state index contributed by atoms with van der Waals surface area (Å²) < 4.78 is 13.5. The molecular weight excluding hydrogens is 904 g/mol. The number of carbonyl (C=O) groups is 4. The smallest absolute Gasteiger partial charge is 0.355 e. The second kappa shape index (κ2) is 20.4. The zero-order valence-electron chi connectivity index (χ0n) is 36.4. The number of aliphatic hydroxyl groups is 1. The van der Waals surface area contributed by atoms with E-state index in [4.69, 9.17) is 14.6 Å². The Bertz CT molecular complexity index is 3040. The highest BCUT2D eigenvalue weighted by molar-refractivity contribution is 9.09. The zero-order chi connectivity index (χ0) is 47.1. The largest absolute Gasteiger partial charge is 0.464 e. The summed E-state index contributed by atoms with van der Waals surface area (Å²) in [6, 6.07) is 39.1. The highest BCUT2D eigenvalue weighted by Crippen LogP contribution is 2.26. The van der Waals surface area contributed by atoms with Crippen LogP contribution >= 0.6 is 15.9 Å². The van der Waals surface area contributed by atoms with Crippen molar-refractivity contribution < 1.29 is 33.8 Å². The van der Waals surface area contributed by atoms with Crippen molar-refractivity contribution in [2.45, 2.75) is 26.7 Å². The van der Waals surface area contributed by atoms with Crippen LogP contribution in [0, 0.1) is 13.8 Å². The van der Waals surface area contributed by atoms with E-state index >= 15 is 0 Å². The van der Waals surface area contributed by atoms with E-state index in [0.717, 1.165) is 16.8 Å². The van der Waals surface area contributed by atoms with E-state index in [1.165, 1.54) is 14.2 Å². The summed E-state index contributed by atoms with van der Waals surface area (Å²) in [5.41, 5.74) is 6.28. The quantitative estimate of drug-likeness (QED) is 0.0716. The first-order valence-electron chi connectivity index (χ1n) is 20.7. The van der Waals surface area contributed by atoms with Crippen LogP contribution in [0.3, 0.4) is 0 Å². The maximum Gasteiger partial charge on any atom is 0.355 e. The first kappa shape index (κ1) is 46.3. The summed E-state index contributed by atoms with van der Waals surface area (Å²) in [6.07, 6.45) is 0.343. The van der Waals surface area contributed by atoms with Crippen LogP contribution in [-0.4, -0.2) is 73.9 Å². The van der Waals surface area contributed by atoms with Gasteiger partial charge >= 0.3 is 11.9 Å². The Labute approximate surface area is 387 Å². The summed E-state index contributed by atoms with van der Waals surface area (Å²) >= 11 is 3.17. The van der Waals surface area contributed by atoms with Crippen LogP contribution in [0.2, 0.25) is 0 Å². The fourth-order valence-corrected chi connectivity index (χ4v) is 7.93. The van der Waals surface area contributed by atoms with Crippen molar-refractivity contribution in [3.63, 3.8) is 0 Å². The number of fused-ring (bicyclic) bond motifs is 2. The van der Waals surface area contributed by atoms with Crippen molar-refractivity contribution in [1.82, 2.24) is 19.1 Å². The van der Waals surface area contributed by atoms with Gasteiger partial charge in [0.1, 0.15) is 29.3 Å². The lowest BCUT2D eigenvalue weighted by atomic mass is 9.99. The molecule has 332 valence electrons. The minimum absolute atomic E-state index is 0.0321. The molecule has 8 rings (SSSR count). The lowest BCUT2D eigenvalue weighted by molar-refractivity contribution is 0.0581. The van der Waals surface area contributed by atoms with Crippen molar-refractivity contribution in [2.75, 3.05) is 26.2 Å². The van der Waals surface area contributed by atoms with Gasteiger partial charge in [0.25, 0.3) is 0 Å². The molecule has 8 aromatic rings. The molecule has 0 saturated carbocycles. The fourth-order valence-electron chi connectivity index (χ4n) is 7.60. The first-order chi connectivity index (χ1) is 31.9. The first-order valence-corrected chi connectivity index (χ1v) is 21.8. The molecule has 4 heterocycles. The number of halogens is 1. The highest BCUT2D eigenvalue weighted by Gasteiger charge is 2.27. The Balaban J connectivity index is 0.000000196. The minimum Gasteiger partial charge on any atom is -0.464 e. The third-order valence-corrected chi connectivity index (χ3v) is 11.4. The Kier molecular flexibility index (Phi) is 14.3. The second-order valence-corrected chi connectivity index (χ2v) is 15.7. The van der Waals surface area contributed by atoms with Crippen molar-refractivity contribution in [3.8, 4) is 11.4 Å². The maximum atomic E-state index is 13.6. The highest BCUT2D eigenvalue weighted by atomic mass is 79.9. The standard InChI is InChI=1S/C26H21BrN2O4.C26H22N2O5/c1-16-8-13-20-24(31)21(14-17-9-11-18(12-10-17)22(30)15-27)23(26(32)33-2)29(25(20)28-16)19-6-4-3-5-7-19;1-16-8-13-20-24(31)21(14-17-9-11-18(12-10-17)22(30)15-29)23(26(32)33-2)28(25(20)27-16)19-6-4-3-5-7-19/h3-13H,14-15H2,1-2H3;3-13,29H,14-15H2,1-2H3. The van der Waals surface area contributed by atoms with Gasteiger partial charge in [-0.25, -0.2) is 19.6 Å². The number of esters is 2. The third kappa shape index (κ3) is 9.55. The van der Waals surface area contributed by atoms with E-state index in [1.807, 2.05) is 74.5 Å². The number of hydrogen-bond donors (Lipinski definition) is 1. The van der Waals surface area contributed by atoms with Crippen LogP contribution in [0.1, 0.15) is 75.3 Å². The van der Waals surface area contributed by atoms with E-state index in [-0.39, 0.29) is 51.8 Å². The molecule has 0 atom stereocenters. The molecule has 0 bridgehead atoms. The van der Waals surface area contributed by atoms with Gasteiger partial charge in [0.2, 0.25) is 0 Å². The molecule has 0 saturated heterocycles. The van der Waals surface area contributed by atoms with Crippen LogP contribution in [-0.2, 0) is 22.3 Å². The lowest BCUT2D eigenvalue weighted by Crippen LogP contribution is -2.25. The van der Waals surface area contributed by atoms with E-state index in [9.17, 15) is 28.8 Å². The normalized spacial score (nSPS) is 10.9. The van der Waals surface area contributed by atoms with Gasteiger partial charge in [-0.05, 0) is 73.5 Å². The fraction of sp³-hybridized carbons (Fsp3) is 0.154. The van der Waals surface area contributed by atoms with Crippen molar-refractivity contribution >= 4 is 61.5 Å². The maximum absolute atomic E-state index is 13.6. The summed E-state index contributed by atoms with van der Waals surface area (Å²) in [5.74, 6) is -1.70. The van der Waals surface area contributed by atoms with Gasteiger partial charge in [-0.1, -0.05) is 101 Å². The molecule has 0 aliphatic heterocycles. The zero-order valence-corrected chi connectivity index (χ0v) is 38.0. The molecule has 0 aliphatic rings. The van der Waals surface area contributed by atoms with E-state index in [0.29, 0.717) is 55.8 Å². The minimum atomic E-state index is -0.650. The number of methoxy groups -OCH3 is 2. The van der Waals surface area contributed by atoms with Crippen LogP contribution < -0.4 is 10.9 Å². The summed E-state index contributed by atoms with van der Waals surface area (Å²) in [5, 5.41) is 10.1. The number of alkyl halides is 1. The molecule has 14 heteroatoms. The van der Waals surface area contributed by atoms with Crippen molar-refractivity contribution in [3.05, 3.63) is 210 Å². The molecule has 66 heavy (non-hydrogen) atoms. The number of carbonyl (C=O) groups excluding carboxylic acids is 4. The molecule has 0 aliphatic carbocycles. The molecule has 4 aromatic carbocycles. The predicted molar refractivity (Wildman–Crippen MR) is 255 cm³/mol. The predicted octanol–water partition coefficient (Wildman–Crippen LogP) is 7.90. The van der Waals surface area contributed by atoms with Gasteiger partial charge < -0.3 is 14.6 Å². The lowest BCUT2D eigenvalue weighted by Gasteiger charge is -2.19. The Morgan fingerprint density at radius 2 is 0.924 bits per heavy atom. The van der Waals surface area contributed by atoms with Crippen molar-refractivity contribution in [2.24, 2.45) is 0 Å². The number of ether oxygens (including phenoxy) is 2. The molecule has 0 spiro atoms. The number of pyridine rings is 4. The second-order valence-electron chi connectivity index (χ2n) is 15.2. The third-order valence-electron chi connectivity index (χ3n) is 10.9. The number of aryl methyl sites for hydroxylation is 2. The van der Waals surface area contributed by atoms with Gasteiger partial charge in [-0.2, -0.15) is 0 Å². The van der Waals surface area contributed by atoms with Gasteiger partial charge in [-0.3, -0.25) is 28.3 Å². The average molecular weight is 948 g/mol. The number of nitrogens with zero attached hydrogens (tertiary/aromatic N) is 4. The number of rotatable bonds is 12. The Morgan fingerprint density at radius 1 is 0.545 bits per heavy atom.